The van der Waals surface area contributed by atoms with Crippen molar-refractivity contribution in [3.63, 3.8) is 0 Å². The van der Waals surface area contributed by atoms with E-state index in [9.17, 15) is 0 Å². The monoisotopic (exact) mass is 280 g/mol. The molecular weight excluding hydrogens is 264 g/mol. The Balaban J connectivity index is 1.93. The minimum atomic E-state index is 0.500. The molecule has 4 heteroatoms. The van der Waals surface area contributed by atoms with Crippen LogP contribution < -0.4 is 15.2 Å². The largest absolute Gasteiger partial charge is 0.492 e. The van der Waals surface area contributed by atoms with Crippen molar-refractivity contribution in [1.82, 2.24) is 4.98 Å². The number of nitrogens with two attached hydrogens (primary N) is 1. The number of benzene rings is 2. The molecule has 0 amide bonds. The summed E-state index contributed by atoms with van der Waals surface area (Å²) in [7, 11) is 0. The van der Waals surface area contributed by atoms with Gasteiger partial charge < -0.3 is 15.2 Å². The van der Waals surface area contributed by atoms with Crippen molar-refractivity contribution in [2.45, 2.75) is 6.92 Å². The number of nitrogen functional groups attached to an aromatic ring is 1. The van der Waals surface area contributed by atoms with Gasteiger partial charge in [0, 0.05) is 17.6 Å². The number of aromatic nitrogens is 1. The van der Waals surface area contributed by atoms with Gasteiger partial charge in [-0.25, -0.2) is 0 Å². The third kappa shape index (κ3) is 2.74. The third-order valence-electron chi connectivity index (χ3n) is 3.13. The van der Waals surface area contributed by atoms with Crippen LogP contribution >= 0.6 is 0 Å². The van der Waals surface area contributed by atoms with Gasteiger partial charge >= 0.3 is 0 Å². The molecule has 0 aliphatic heterocycles. The van der Waals surface area contributed by atoms with Gasteiger partial charge in [-0.15, -0.1) is 0 Å². The first-order chi connectivity index (χ1) is 10.3. The molecule has 4 nitrogen and oxygen atoms in total. The van der Waals surface area contributed by atoms with Gasteiger partial charge in [0.05, 0.1) is 12.1 Å². The number of rotatable bonds is 4. The van der Waals surface area contributed by atoms with E-state index in [1.54, 1.807) is 6.20 Å². The van der Waals surface area contributed by atoms with Crippen LogP contribution in [0.15, 0.2) is 54.7 Å². The Morgan fingerprint density at radius 2 is 1.90 bits per heavy atom. The lowest BCUT2D eigenvalue weighted by Crippen LogP contribution is -1.99. The molecule has 106 valence electrons. The van der Waals surface area contributed by atoms with Crippen LogP contribution in [-0.2, 0) is 0 Å². The van der Waals surface area contributed by atoms with E-state index in [0.29, 0.717) is 29.5 Å². The predicted octanol–water partition coefficient (Wildman–Crippen LogP) is 4.01. The number of ether oxygens (including phenoxy) is 2. The van der Waals surface area contributed by atoms with Crippen molar-refractivity contribution in [2.24, 2.45) is 0 Å². The Morgan fingerprint density at radius 3 is 2.76 bits per heavy atom. The SMILES string of the molecule is CCOc1cccc(Oc2ccc3cccnc3c2)c1N. The fourth-order valence-corrected chi connectivity index (χ4v) is 2.13. The smallest absolute Gasteiger partial charge is 0.154 e. The number of hydrogen-bond donors (Lipinski definition) is 1. The Labute approximate surface area is 123 Å². The van der Waals surface area contributed by atoms with Crippen LogP contribution in [0.2, 0.25) is 0 Å². The second-order valence-corrected chi connectivity index (χ2v) is 4.56. The minimum absolute atomic E-state index is 0.500. The van der Waals surface area contributed by atoms with Crippen molar-refractivity contribution in [1.29, 1.82) is 0 Å². The van der Waals surface area contributed by atoms with Gasteiger partial charge in [-0.2, -0.15) is 0 Å². The highest BCUT2D eigenvalue weighted by Crippen LogP contribution is 2.35. The van der Waals surface area contributed by atoms with Gasteiger partial charge in [-0.05, 0) is 37.3 Å². The number of anilines is 1. The summed E-state index contributed by atoms with van der Waals surface area (Å²) in [5.41, 5.74) is 7.45. The first-order valence-electron chi connectivity index (χ1n) is 6.82. The quantitative estimate of drug-likeness (QED) is 0.734. The van der Waals surface area contributed by atoms with Crippen LogP contribution in [0.1, 0.15) is 6.92 Å². The maximum atomic E-state index is 6.06. The first kappa shape index (κ1) is 13.2. The number of para-hydroxylation sites is 1. The molecule has 0 saturated heterocycles. The summed E-state index contributed by atoms with van der Waals surface area (Å²) in [6.07, 6.45) is 1.76. The van der Waals surface area contributed by atoms with Crippen LogP contribution in [0.25, 0.3) is 10.9 Å². The van der Waals surface area contributed by atoms with Gasteiger partial charge in [0.25, 0.3) is 0 Å². The van der Waals surface area contributed by atoms with Crippen LogP contribution in [0.5, 0.6) is 17.2 Å². The summed E-state index contributed by atoms with van der Waals surface area (Å²) in [4.78, 5) is 4.32. The summed E-state index contributed by atoms with van der Waals surface area (Å²) >= 11 is 0. The van der Waals surface area contributed by atoms with Gasteiger partial charge in [0.2, 0.25) is 0 Å². The summed E-state index contributed by atoms with van der Waals surface area (Å²) < 4.78 is 11.3. The molecule has 0 atom stereocenters. The van der Waals surface area contributed by atoms with Crippen molar-refractivity contribution >= 4 is 16.6 Å². The van der Waals surface area contributed by atoms with E-state index in [-0.39, 0.29) is 0 Å². The maximum absolute atomic E-state index is 6.06. The van der Waals surface area contributed by atoms with E-state index >= 15 is 0 Å². The van der Waals surface area contributed by atoms with Crippen LogP contribution in [0.3, 0.4) is 0 Å². The fraction of sp³-hybridized carbons (Fsp3) is 0.118. The second-order valence-electron chi connectivity index (χ2n) is 4.56. The normalized spacial score (nSPS) is 10.5. The third-order valence-corrected chi connectivity index (χ3v) is 3.13. The van der Waals surface area contributed by atoms with Crippen LogP contribution in [0, 0.1) is 0 Å². The molecule has 2 aromatic carbocycles. The minimum Gasteiger partial charge on any atom is -0.492 e. The number of hydrogen-bond acceptors (Lipinski definition) is 4. The molecule has 0 aliphatic rings. The van der Waals surface area contributed by atoms with E-state index in [2.05, 4.69) is 4.98 Å². The molecule has 3 rings (SSSR count). The molecule has 0 bridgehead atoms. The average Bonchev–Trinajstić information content (AvgIpc) is 2.51. The molecule has 0 aliphatic carbocycles. The molecule has 0 unspecified atom stereocenters. The Bertz CT molecular complexity index is 772. The zero-order chi connectivity index (χ0) is 14.7. The molecule has 21 heavy (non-hydrogen) atoms. The second kappa shape index (κ2) is 5.71. The lowest BCUT2D eigenvalue weighted by molar-refractivity contribution is 0.340. The molecule has 0 saturated carbocycles. The molecule has 1 aromatic heterocycles. The van der Waals surface area contributed by atoms with Gasteiger partial charge in [0.15, 0.2) is 5.75 Å². The fourth-order valence-electron chi connectivity index (χ4n) is 2.13. The van der Waals surface area contributed by atoms with Crippen LogP contribution in [0.4, 0.5) is 5.69 Å². The Kier molecular flexibility index (Phi) is 3.60. The zero-order valence-electron chi connectivity index (χ0n) is 11.7. The lowest BCUT2D eigenvalue weighted by atomic mass is 10.2. The van der Waals surface area contributed by atoms with Crippen molar-refractivity contribution < 1.29 is 9.47 Å². The highest BCUT2D eigenvalue weighted by atomic mass is 16.5. The van der Waals surface area contributed by atoms with Crippen molar-refractivity contribution in [3.8, 4) is 17.2 Å². The van der Waals surface area contributed by atoms with E-state index in [4.69, 9.17) is 15.2 Å². The molecule has 2 N–H and O–H groups in total. The van der Waals surface area contributed by atoms with E-state index < -0.39 is 0 Å². The standard InChI is InChI=1S/C17H16N2O2/c1-2-20-15-6-3-7-16(17(15)18)21-13-9-8-12-5-4-10-19-14(12)11-13/h3-11H,2,18H2,1H3. The summed E-state index contributed by atoms with van der Waals surface area (Å²) in [5, 5.41) is 1.07. The number of nitrogens with zero attached hydrogens (tertiary/aromatic N) is 1. The van der Waals surface area contributed by atoms with Crippen molar-refractivity contribution in [3.05, 3.63) is 54.7 Å². The summed E-state index contributed by atoms with van der Waals surface area (Å²) in [6, 6.07) is 15.2. The lowest BCUT2D eigenvalue weighted by Gasteiger charge is -2.12. The van der Waals surface area contributed by atoms with Gasteiger partial charge in [-0.3, -0.25) is 4.98 Å². The van der Waals surface area contributed by atoms with Gasteiger partial charge in [-0.1, -0.05) is 12.1 Å². The summed E-state index contributed by atoms with van der Waals surface area (Å²) in [5.74, 6) is 1.91. The molecular formula is C17H16N2O2. The number of fused-ring (bicyclic) bond motifs is 1. The highest BCUT2D eigenvalue weighted by Gasteiger charge is 2.08. The molecule has 0 spiro atoms. The first-order valence-corrected chi connectivity index (χ1v) is 6.82. The molecule has 0 fully saturated rings. The molecule has 1 heterocycles. The average molecular weight is 280 g/mol. The van der Waals surface area contributed by atoms with Gasteiger partial charge in [0.1, 0.15) is 17.2 Å². The topological polar surface area (TPSA) is 57.4 Å². The van der Waals surface area contributed by atoms with E-state index in [1.165, 1.54) is 0 Å². The Hall–Kier alpha value is -2.75. The van der Waals surface area contributed by atoms with Crippen molar-refractivity contribution in [2.75, 3.05) is 12.3 Å². The molecule has 0 radical (unpaired) electrons. The molecule has 3 aromatic rings. The predicted molar refractivity (Wildman–Crippen MR) is 83.8 cm³/mol. The van der Waals surface area contributed by atoms with E-state index in [0.717, 1.165) is 10.9 Å². The zero-order valence-corrected chi connectivity index (χ0v) is 11.7. The summed E-state index contributed by atoms with van der Waals surface area (Å²) in [6.45, 7) is 2.48. The Morgan fingerprint density at radius 1 is 1.05 bits per heavy atom. The van der Waals surface area contributed by atoms with Crippen LogP contribution in [-0.4, -0.2) is 11.6 Å². The highest BCUT2D eigenvalue weighted by molar-refractivity contribution is 5.80. The number of pyridine rings is 1. The van der Waals surface area contributed by atoms with E-state index in [1.807, 2.05) is 55.5 Å². The maximum Gasteiger partial charge on any atom is 0.154 e.